The van der Waals surface area contributed by atoms with Gasteiger partial charge in [-0.25, -0.2) is 0 Å². The SMILES string of the molecule is Cc1cc(C(=O)NCC(O)Cc2ccccc2)c(C)n1C(C)C. The van der Waals surface area contributed by atoms with Crippen LogP contribution < -0.4 is 5.32 Å². The summed E-state index contributed by atoms with van der Waals surface area (Å²) in [5, 5.41) is 12.9. The van der Waals surface area contributed by atoms with Crippen LogP contribution in [0.25, 0.3) is 0 Å². The second kappa shape index (κ2) is 7.47. The van der Waals surface area contributed by atoms with Gasteiger partial charge in [0, 0.05) is 30.4 Å². The van der Waals surface area contributed by atoms with E-state index < -0.39 is 6.10 Å². The summed E-state index contributed by atoms with van der Waals surface area (Å²) in [5.41, 5.74) is 3.79. The maximum Gasteiger partial charge on any atom is 0.253 e. The summed E-state index contributed by atoms with van der Waals surface area (Å²) in [6, 6.07) is 12.0. The van der Waals surface area contributed by atoms with Crippen LogP contribution in [0.15, 0.2) is 36.4 Å². The van der Waals surface area contributed by atoms with E-state index in [1.807, 2.05) is 50.2 Å². The van der Waals surface area contributed by atoms with Crippen molar-refractivity contribution in [2.75, 3.05) is 6.54 Å². The lowest BCUT2D eigenvalue weighted by molar-refractivity contribution is 0.0915. The molecule has 0 aliphatic rings. The Morgan fingerprint density at radius 2 is 1.87 bits per heavy atom. The minimum absolute atomic E-state index is 0.128. The summed E-state index contributed by atoms with van der Waals surface area (Å²) in [6.07, 6.45) is -0.0542. The van der Waals surface area contributed by atoms with Crippen molar-refractivity contribution in [2.45, 2.75) is 46.3 Å². The molecule has 1 aromatic carbocycles. The van der Waals surface area contributed by atoms with Gasteiger partial charge in [-0.1, -0.05) is 30.3 Å². The van der Waals surface area contributed by atoms with Crippen molar-refractivity contribution in [1.82, 2.24) is 9.88 Å². The number of rotatable bonds is 6. The van der Waals surface area contributed by atoms with Crippen LogP contribution in [0.3, 0.4) is 0 Å². The van der Waals surface area contributed by atoms with Gasteiger partial charge in [0.2, 0.25) is 0 Å². The molecule has 0 bridgehead atoms. The van der Waals surface area contributed by atoms with Crippen molar-refractivity contribution < 1.29 is 9.90 Å². The molecule has 0 fully saturated rings. The third kappa shape index (κ3) is 4.23. The minimum Gasteiger partial charge on any atom is -0.391 e. The first kappa shape index (κ1) is 17.3. The van der Waals surface area contributed by atoms with Gasteiger partial charge in [-0.3, -0.25) is 4.79 Å². The lowest BCUT2D eigenvalue weighted by Crippen LogP contribution is -2.33. The Morgan fingerprint density at radius 3 is 2.43 bits per heavy atom. The molecule has 2 rings (SSSR count). The summed E-state index contributed by atoms with van der Waals surface area (Å²) in [4.78, 5) is 12.4. The predicted molar refractivity (Wildman–Crippen MR) is 92.8 cm³/mol. The first-order valence-corrected chi connectivity index (χ1v) is 8.08. The minimum atomic E-state index is -0.588. The Morgan fingerprint density at radius 1 is 1.22 bits per heavy atom. The molecule has 124 valence electrons. The third-order valence-electron chi connectivity index (χ3n) is 4.06. The number of aromatic nitrogens is 1. The molecule has 0 saturated carbocycles. The van der Waals surface area contributed by atoms with Gasteiger partial charge in [0.1, 0.15) is 0 Å². The summed E-state index contributed by atoms with van der Waals surface area (Å²) in [7, 11) is 0. The molecule has 1 amide bonds. The van der Waals surface area contributed by atoms with Crippen LogP contribution in [-0.4, -0.2) is 28.2 Å². The Bertz CT molecular complexity index is 660. The molecule has 0 aliphatic heterocycles. The number of nitrogens with one attached hydrogen (secondary N) is 1. The Labute approximate surface area is 138 Å². The molecular formula is C19H26N2O2. The van der Waals surface area contributed by atoms with E-state index in [0.29, 0.717) is 18.0 Å². The number of nitrogens with zero attached hydrogens (tertiary/aromatic N) is 1. The van der Waals surface area contributed by atoms with Crippen LogP contribution in [0, 0.1) is 13.8 Å². The smallest absolute Gasteiger partial charge is 0.253 e. The monoisotopic (exact) mass is 314 g/mol. The first-order chi connectivity index (χ1) is 10.9. The topological polar surface area (TPSA) is 54.3 Å². The van der Waals surface area contributed by atoms with Gasteiger partial charge in [-0.2, -0.15) is 0 Å². The van der Waals surface area contributed by atoms with Crippen LogP contribution in [0.2, 0.25) is 0 Å². The zero-order valence-corrected chi connectivity index (χ0v) is 14.3. The summed E-state index contributed by atoms with van der Waals surface area (Å²) in [5.74, 6) is -0.128. The molecule has 2 aromatic rings. The average Bonchev–Trinajstić information content (AvgIpc) is 2.81. The lowest BCUT2D eigenvalue weighted by atomic mass is 10.1. The zero-order valence-electron chi connectivity index (χ0n) is 14.3. The van der Waals surface area contributed by atoms with Crippen LogP contribution in [0.1, 0.15) is 47.2 Å². The van der Waals surface area contributed by atoms with E-state index in [4.69, 9.17) is 0 Å². The van der Waals surface area contributed by atoms with Crippen LogP contribution in [-0.2, 0) is 6.42 Å². The van der Waals surface area contributed by atoms with E-state index >= 15 is 0 Å². The summed E-state index contributed by atoms with van der Waals surface area (Å²) >= 11 is 0. The zero-order chi connectivity index (χ0) is 17.0. The average molecular weight is 314 g/mol. The second-order valence-corrected chi connectivity index (χ2v) is 6.30. The maximum absolute atomic E-state index is 12.4. The van der Waals surface area contributed by atoms with E-state index in [2.05, 4.69) is 23.7 Å². The molecule has 1 atom stereocenters. The molecule has 0 radical (unpaired) electrons. The molecule has 23 heavy (non-hydrogen) atoms. The molecule has 0 spiro atoms. The summed E-state index contributed by atoms with van der Waals surface area (Å²) < 4.78 is 2.15. The van der Waals surface area contributed by atoms with Gasteiger partial charge in [0.15, 0.2) is 0 Å². The highest BCUT2D eigenvalue weighted by molar-refractivity contribution is 5.95. The van der Waals surface area contributed by atoms with E-state index in [0.717, 1.165) is 17.0 Å². The quantitative estimate of drug-likeness (QED) is 0.861. The highest BCUT2D eigenvalue weighted by atomic mass is 16.3. The number of benzene rings is 1. The van der Waals surface area contributed by atoms with Crippen molar-refractivity contribution in [3.05, 3.63) is 58.9 Å². The number of carbonyl (C=O) groups is 1. The maximum atomic E-state index is 12.4. The summed E-state index contributed by atoms with van der Waals surface area (Å²) in [6.45, 7) is 8.42. The molecule has 2 N–H and O–H groups in total. The second-order valence-electron chi connectivity index (χ2n) is 6.30. The largest absolute Gasteiger partial charge is 0.391 e. The molecule has 4 heteroatoms. The highest BCUT2D eigenvalue weighted by Gasteiger charge is 2.17. The van der Waals surface area contributed by atoms with Crippen molar-refractivity contribution in [2.24, 2.45) is 0 Å². The Balaban J connectivity index is 1.96. The molecule has 4 nitrogen and oxygen atoms in total. The molecule has 1 unspecified atom stereocenters. The number of aliphatic hydroxyl groups is 1. The van der Waals surface area contributed by atoms with Gasteiger partial charge in [0.25, 0.3) is 5.91 Å². The molecular weight excluding hydrogens is 288 g/mol. The Hall–Kier alpha value is -2.07. The molecule has 1 aromatic heterocycles. The molecule has 0 saturated heterocycles. The fraction of sp³-hybridized carbons (Fsp3) is 0.421. The van der Waals surface area contributed by atoms with Gasteiger partial charge in [-0.15, -0.1) is 0 Å². The van der Waals surface area contributed by atoms with Gasteiger partial charge in [0.05, 0.1) is 11.7 Å². The van der Waals surface area contributed by atoms with Gasteiger partial charge in [-0.05, 0) is 39.3 Å². The van der Waals surface area contributed by atoms with E-state index in [9.17, 15) is 9.90 Å². The highest BCUT2D eigenvalue weighted by Crippen LogP contribution is 2.20. The van der Waals surface area contributed by atoms with Crippen molar-refractivity contribution in [3.63, 3.8) is 0 Å². The van der Waals surface area contributed by atoms with E-state index in [1.54, 1.807) is 0 Å². The van der Waals surface area contributed by atoms with E-state index in [1.165, 1.54) is 0 Å². The van der Waals surface area contributed by atoms with Gasteiger partial charge < -0.3 is 15.0 Å². The number of aryl methyl sites for hydroxylation is 1. The number of hydrogen-bond donors (Lipinski definition) is 2. The normalized spacial score (nSPS) is 12.4. The number of amides is 1. The molecule has 0 aliphatic carbocycles. The number of hydrogen-bond acceptors (Lipinski definition) is 2. The van der Waals surface area contributed by atoms with Crippen LogP contribution >= 0.6 is 0 Å². The predicted octanol–water partition coefficient (Wildman–Crippen LogP) is 3.02. The first-order valence-electron chi connectivity index (χ1n) is 8.08. The standard InChI is InChI=1S/C19H26N2O2/c1-13(2)21-14(3)10-18(15(21)4)19(23)20-12-17(22)11-16-8-6-5-7-9-16/h5-10,13,17,22H,11-12H2,1-4H3,(H,20,23). The third-order valence-corrected chi connectivity index (χ3v) is 4.06. The van der Waals surface area contributed by atoms with E-state index in [-0.39, 0.29) is 12.5 Å². The van der Waals surface area contributed by atoms with Gasteiger partial charge >= 0.3 is 0 Å². The van der Waals surface area contributed by atoms with Crippen molar-refractivity contribution >= 4 is 5.91 Å². The number of carbonyl (C=O) groups excluding carboxylic acids is 1. The van der Waals surface area contributed by atoms with Crippen molar-refractivity contribution in [3.8, 4) is 0 Å². The fourth-order valence-electron chi connectivity index (χ4n) is 3.07. The fourth-order valence-corrected chi connectivity index (χ4v) is 3.07. The Kier molecular flexibility index (Phi) is 5.61. The molecule has 1 heterocycles. The number of aliphatic hydroxyl groups excluding tert-OH is 1. The lowest BCUT2D eigenvalue weighted by Gasteiger charge is -2.14. The van der Waals surface area contributed by atoms with Crippen molar-refractivity contribution in [1.29, 1.82) is 0 Å². The van der Waals surface area contributed by atoms with Crippen LogP contribution in [0.5, 0.6) is 0 Å². The van der Waals surface area contributed by atoms with Crippen LogP contribution in [0.4, 0.5) is 0 Å².